The van der Waals surface area contributed by atoms with Crippen molar-refractivity contribution in [2.45, 2.75) is 13.0 Å². The van der Waals surface area contributed by atoms with Gasteiger partial charge in [-0.25, -0.2) is 9.67 Å². The van der Waals surface area contributed by atoms with Crippen molar-refractivity contribution in [2.75, 3.05) is 17.7 Å². The fourth-order valence-corrected chi connectivity index (χ4v) is 2.58. The molecule has 6 nitrogen and oxygen atoms in total. The highest BCUT2D eigenvalue weighted by Crippen LogP contribution is 2.43. The third-order valence-corrected chi connectivity index (χ3v) is 3.77. The second kappa shape index (κ2) is 3.81. The number of nitrogens with zero attached hydrogens (tertiary/aromatic N) is 4. The number of fused-ring (bicyclic) bond motifs is 3. The number of hydrogen-bond donors (Lipinski definition) is 1. The van der Waals surface area contributed by atoms with E-state index < -0.39 is 0 Å². The summed E-state index contributed by atoms with van der Waals surface area (Å²) in [5, 5.41) is 4.10. The molecule has 2 N–H and O–H groups in total. The number of aryl methyl sites for hydroxylation is 1. The highest BCUT2D eigenvalue weighted by Gasteiger charge is 2.30. The van der Waals surface area contributed by atoms with E-state index in [9.17, 15) is 4.79 Å². The van der Waals surface area contributed by atoms with Crippen LogP contribution >= 0.6 is 0 Å². The molecule has 0 bridgehead atoms. The Morgan fingerprint density at radius 3 is 2.84 bits per heavy atom. The van der Waals surface area contributed by atoms with E-state index in [1.807, 2.05) is 24.9 Å². The van der Waals surface area contributed by atoms with Crippen LogP contribution in [0.4, 0.5) is 11.5 Å². The Kier molecular flexibility index (Phi) is 2.35. The number of aromatic nitrogens is 3. The van der Waals surface area contributed by atoms with Crippen LogP contribution in [0.5, 0.6) is 0 Å². The van der Waals surface area contributed by atoms with Crippen LogP contribution in [-0.4, -0.2) is 21.8 Å². The Morgan fingerprint density at radius 2 is 2.11 bits per heavy atom. The fraction of sp³-hybridized carbons (Fsp3) is 0.308. The summed E-state index contributed by atoms with van der Waals surface area (Å²) in [5.74, 6) is 0.441. The van der Waals surface area contributed by atoms with E-state index in [-0.39, 0.29) is 11.6 Å². The van der Waals surface area contributed by atoms with Gasteiger partial charge in [0.2, 0.25) is 0 Å². The Hall–Kier alpha value is -2.37. The molecular formula is C13H15N5O. The molecule has 3 heterocycles. The first-order valence-electron chi connectivity index (χ1n) is 6.06. The maximum absolute atomic E-state index is 12.4. The summed E-state index contributed by atoms with van der Waals surface area (Å²) in [6.45, 7) is 2.02. The van der Waals surface area contributed by atoms with Gasteiger partial charge < -0.3 is 10.6 Å². The Bertz CT molecular complexity index is 721. The van der Waals surface area contributed by atoms with Gasteiger partial charge in [-0.1, -0.05) is 0 Å². The molecule has 0 amide bonds. The van der Waals surface area contributed by atoms with Gasteiger partial charge >= 0.3 is 0 Å². The lowest BCUT2D eigenvalue weighted by molar-refractivity contribution is 0.667. The summed E-state index contributed by atoms with van der Waals surface area (Å²) in [6, 6.07) is 1.87. The van der Waals surface area contributed by atoms with Gasteiger partial charge in [0.1, 0.15) is 5.82 Å². The normalized spacial score (nSPS) is 17.0. The molecule has 0 radical (unpaired) electrons. The van der Waals surface area contributed by atoms with Crippen LogP contribution in [0.2, 0.25) is 0 Å². The number of rotatable bonds is 0. The van der Waals surface area contributed by atoms with Gasteiger partial charge in [-0.2, -0.15) is 5.10 Å². The van der Waals surface area contributed by atoms with Crippen molar-refractivity contribution in [2.24, 2.45) is 7.05 Å². The van der Waals surface area contributed by atoms with Crippen molar-refractivity contribution in [3.05, 3.63) is 34.4 Å². The second-order valence-corrected chi connectivity index (χ2v) is 4.78. The minimum Gasteiger partial charge on any atom is -0.382 e. The number of anilines is 2. The number of pyridine rings is 1. The van der Waals surface area contributed by atoms with Crippen LogP contribution in [0.15, 0.2) is 23.3 Å². The van der Waals surface area contributed by atoms with Crippen molar-refractivity contribution in [1.82, 2.24) is 14.8 Å². The summed E-state index contributed by atoms with van der Waals surface area (Å²) in [4.78, 5) is 18.5. The quantitative estimate of drug-likeness (QED) is 0.760. The third kappa shape index (κ3) is 1.46. The molecule has 1 aliphatic heterocycles. The number of hydrogen-bond acceptors (Lipinski definition) is 5. The zero-order chi connectivity index (χ0) is 13.7. The van der Waals surface area contributed by atoms with E-state index in [1.165, 1.54) is 4.68 Å². The summed E-state index contributed by atoms with van der Waals surface area (Å²) in [7, 11) is 3.60. The van der Waals surface area contributed by atoms with Gasteiger partial charge in [0, 0.05) is 31.4 Å². The van der Waals surface area contributed by atoms with E-state index in [1.54, 1.807) is 19.4 Å². The van der Waals surface area contributed by atoms with Gasteiger partial charge in [-0.15, -0.1) is 0 Å². The molecule has 3 rings (SSSR count). The molecule has 0 spiro atoms. The van der Waals surface area contributed by atoms with Crippen LogP contribution in [-0.2, 0) is 7.05 Å². The molecule has 2 aromatic heterocycles. The Morgan fingerprint density at radius 1 is 1.37 bits per heavy atom. The minimum atomic E-state index is -0.107. The summed E-state index contributed by atoms with van der Waals surface area (Å²) >= 11 is 0. The predicted octanol–water partition coefficient (Wildman–Crippen LogP) is 0.935. The standard InChI is InChI=1S/C13H15N5O/c1-7-9-6-16-18(3)13(19)10(9)8-4-5-15-12(14)11(8)17(7)2/h4-7H,1-3H3,(H2,14,15). The highest BCUT2D eigenvalue weighted by molar-refractivity contribution is 5.89. The van der Waals surface area contributed by atoms with Crippen LogP contribution < -0.4 is 16.2 Å². The second-order valence-electron chi connectivity index (χ2n) is 4.78. The lowest BCUT2D eigenvalue weighted by atomic mass is 9.92. The van der Waals surface area contributed by atoms with Gasteiger partial charge in [-0.05, 0) is 13.0 Å². The smallest absolute Gasteiger partial charge is 0.274 e. The van der Waals surface area contributed by atoms with Gasteiger partial charge in [-0.3, -0.25) is 4.79 Å². The van der Waals surface area contributed by atoms with Crippen LogP contribution in [0.1, 0.15) is 18.5 Å². The molecule has 0 aromatic carbocycles. The van der Waals surface area contributed by atoms with Crippen molar-refractivity contribution < 1.29 is 0 Å². The zero-order valence-electron chi connectivity index (χ0n) is 11.1. The van der Waals surface area contributed by atoms with E-state index in [0.29, 0.717) is 11.4 Å². The summed E-state index contributed by atoms with van der Waals surface area (Å²) < 4.78 is 1.34. The van der Waals surface area contributed by atoms with Gasteiger partial charge in [0.15, 0.2) is 0 Å². The predicted molar refractivity (Wildman–Crippen MR) is 73.9 cm³/mol. The Labute approximate surface area is 110 Å². The van der Waals surface area contributed by atoms with E-state index in [2.05, 4.69) is 10.1 Å². The van der Waals surface area contributed by atoms with E-state index in [4.69, 9.17) is 5.73 Å². The average Bonchev–Trinajstić information content (AvgIpc) is 2.39. The monoisotopic (exact) mass is 257 g/mol. The molecule has 0 saturated carbocycles. The molecule has 0 saturated heterocycles. The van der Waals surface area contributed by atoms with Gasteiger partial charge in [0.05, 0.1) is 23.5 Å². The van der Waals surface area contributed by atoms with Crippen molar-refractivity contribution >= 4 is 11.5 Å². The minimum absolute atomic E-state index is 0.0374. The Balaban J connectivity index is 2.45. The summed E-state index contributed by atoms with van der Waals surface area (Å²) in [6.07, 6.45) is 3.37. The molecule has 0 aliphatic carbocycles. The largest absolute Gasteiger partial charge is 0.382 e. The first-order valence-corrected chi connectivity index (χ1v) is 6.06. The first kappa shape index (κ1) is 11.7. The van der Waals surface area contributed by atoms with Crippen molar-refractivity contribution in [1.29, 1.82) is 0 Å². The molecular weight excluding hydrogens is 242 g/mol. The lowest BCUT2D eigenvalue weighted by Crippen LogP contribution is -2.33. The van der Waals surface area contributed by atoms with E-state index >= 15 is 0 Å². The molecule has 1 aliphatic rings. The molecule has 1 unspecified atom stereocenters. The molecule has 6 heteroatoms. The maximum Gasteiger partial charge on any atom is 0.274 e. The van der Waals surface area contributed by atoms with E-state index in [0.717, 1.165) is 16.8 Å². The average molecular weight is 257 g/mol. The van der Waals surface area contributed by atoms with Gasteiger partial charge in [0.25, 0.3) is 5.56 Å². The van der Waals surface area contributed by atoms with Crippen LogP contribution in [0, 0.1) is 0 Å². The summed E-state index contributed by atoms with van der Waals surface area (Å²) in [5.41, 5.74) is 9.08. The van der Waals surface area contributed by atoms with Crippen molar-refractivity contribution in [3.63, 3.8) is 0 Å². The SMILES string of the molecule is CC1c2cnn(C)c(=O)c2-c2ccnc(N)c2N1C. The van der Waals surface area contributed by atoms with Crippen LogP contribution in [0.3, 0.4) is 0 Å². The number of nitrogen functional groups attached to an aromatic ring is 1. The molecule has 19 heavy (non-hydrogen) atoms. The maximum atomic E-state index is 12.4. The molecule has 98 valence electrons. The first-order chi connectivity index (χ1) is 9.02. The van der Waals surface area contributed by atoms with Crippen LogP contribution in [0.25, 0.3) is 11.1 Å². The highest BCUT2D eigenvalue weighted by atomic mass is 16.1. The molecule has 1 atom stereocenters. The topological polar surface area (TPSA) is 77.0 Å². The zero-order valence-corrected chi connectivity index (χ0v) is 11.1. The lowest BCUT2D eigenvalue weighted by Gasteiger charge is -2.35. The molecule has 0 fully saturated rings. The molecule has 2 aromatic rings. The van der Waals surface area contributed by atoms with Crippen molar-refractivity contribution in [3.8, 4) is 11.1 Å². The third-order valence-electron chi connectivity index (χ3n) is 3.77. The number of nitrogens with two attached hydrogens (primary N) is 1. The fourth-order valence-electron chi connectivity index (χ4n) is 2.58.